The van der Waals surface area contributed by atoms with E-state index in [9.17, 15) is 4.79 Å². The number of carbonyl (C=O) groups is 1. The highest BCUT2D eigenvalue weighted by Gasteiger charge is 2.08. The summed E-state index contributed by atoms with van der Waals surface area (Å²) in [7, 11) is 1.74. The summed E-state index contributed by atoms with van der Waals surface area (Å²) in [6.07, 6.45) is 3.12. The fourth-order valence-corrected chi connectivity index (χ4v) is 1.52. The van der Waals surface area contributed by atoms with E-state index in [4.69, 9.17) is 10.00 Å². The Morgan fingerprint density at radius 2 is 2.42 bits per heavy atom. The number of aryl methyl sites for hydroxylation is 1. The molecule has 0 unspecified atom stereocenters. The van der Waals surface area contributed by atoms with E-state index >= 15 is 0 Å². The van der Waals surface area contributed by atoms with Gasteiger partial charge in [-0.1, -0.05) is 6.07 Å². The van der Waals surface area contributed by atoms with Crippen molar-refractivity contribution in [3.05, 3.63) is 42.2 Å². The summed E-state index contributed by atoms with van der Waals surface area (Å²) >= 11 is 0. The molecule has 0 aliphatic carbocycles. The van der Waals surface area contributed by atoms with Crippen LogP contribution in [0, 0.1) is 11.3 Å². The van der Waals surface area contributed by atoms with Crippen LogP contribution in [-0.2, 0) is 7.05 Å². The molecule has 0 aliphatic heterocycles. The maximum atomic E-state index is 11.9. The van der Waals surface area contributed by atoms with Crippen molar-refractivity contribution in [2.24, 2.45) is 7.05 Å². The highest BCUT2D eigenvalue weighted by Crippen LogP contribution is 2.17. The molecule has 0 radical (unpaired) electrons. The number of aromatic nitrogens is 2. The van der Waals surface area contributed by atoms with Gasteiger partial charge in [0.2, 0.25) is 0 Å². The van der Waals surface area contributed by atoms with Gasteiger partial charge < -0.3 is 10.1 Å². The van der Waals surface area contributed by atoms with Gasteiger partial charge in [0.15, 0.2) is 6.61 Å². The van der Waals surface area contributed by atoms with Crippen LogP contribution in [0.25, 0.3) is 0 Å². The van der Waals surface area contributed by atoms with E-state index in [0.29, 0.717) is 17.0 Å². The first-order valence-corrected chi connectivity index (χ1v) is 5.59. The molecule has 0 fully saturated rings. The van der Waals surface area contributed by atoms with Crippen LogP contribution in [0.5, 0.6) is 5.75 Å². The van der Waals surface area contributed by atoms with Crippen LogP contribution in [0.2, 0.25) is 0 Å². The summed E-state index contributed by atoms with van der Waals surface area (Å²) in [6.45, 7) is -0.0278. The maximum absolute atomic E-state index is 11.9. The third-order valence-electron chi connectivity index (χ3n) is 2.36. The van der Waals surface area contributed by atoms with Crippen LogP contribution >= 0.6 is 0 Å². The first-order chi connectivity index (χ1) is 9.19. The summed E-state index contributed by atoms with van der Waals surface area (Å²) in [5, 5.41) is 15.1. The minimum Gasteiger partial charge on any atom is -0.479 e. The number of anilines is 1. The van der Waals surface area contributed by atoms with Crippen molar-refractivity contribution < 1.29 is 9.53 Å². The molecule has 19 heavy (non-hydrogen) atoms. The van der Waals surface area contributed by atoms with Crippen LogP contribution in [0.1, 0.15) is 10.4 Å². The third-order valence-corrected chi connectivity index (χ3v) is 2.36. The molecule has 0 saturated heterocycles. The van der Waals surface area contributed by atoms with Gasteiger partial charge in [0.25, 0.3) is 5.91 Å². The van der Waals surface area contributed by atoms with E-state index in [-0.39, 0.29) is 12.5 Å². The highest BCUT2D eigenvalue weighted by atomic mass is 16.5. The predicted molar refractivity (Wildman–Crippen MR) is 68.7 cm³/mol. The van der Waals surface area contributed by atoms with Gasteiger partial charge in [-0.2, -0.15) is 10.4 Å². The zero-order valence-electron chi connectivity index (χ0n) is 10.3. The number of benzene rings is 1. The molecule has 0 atom stereocenters. The number of hydrogen-bond acceptors (Lipinski definition) is 4. The van der Waals surface area contributed by atoms with Gasteiger partial charge in [-0.15, -0.1) is 0 Å². The molecule has 0 saturated carbocycles. The molecular weight excluding hydrogens is 244 g/mol. The summed E-state index contributed by atoms with van der Waals surface area (Å²) in [5.74, 6) is 0.288. The molecule has 2 aromatic rings. The monoisotopic (exact) mass is 256 g/mol. The average Bonchev–Trinajstić information content (AvgIpc) is 2.83. The normalized spacial score (nSPS) is 9.68. The Bertz CT molecular complexity index is 628. The Kier molecular flexibility index (Phi) is 3.78. The number of ether oxygens (including phenoxy) is 1. The highest BCUT2D eigenvalue weighted by molar-refractivity contribution is 6.04. The van der Waals surface area contributed by atoms with Crippen molar-refractivity contribution in [1.82, 2.24) is 9.78 Å². The molecule has 1 aromatic heterocycles. The molecule has 1 aromatic carbocycles. The summed E-state index contributed by atoms with van der Waals surface area (Å²) in [6, 6.07) is 8.75. The number of nitrogens with one attached hydrogen (secondary N) is 1. The molecule has 1 N–H and O–H groups in total. The van der Waals surface area contributed by atoms with E-state index in [2.05, 4.69) is 10.4 Å². The topological polar surface area (TPSA) is 79.9 Å². The molecule has 0 aliphatic rings. The van der Waals surface area contributed by atoms with E-state index in [1.165, 1.54) is 6.20 Å². The fraction of sp³-hybridized carbons (Fsp3) is 0.154. The lowest BCUT2D eigenvalue weighted by Gasteiger charge is -2.06. The first kappa shape index (κ1) is 12.6. The number of nitriles is 1. The molecule has 1 amide bonds. The van der Waals surface area contributed by atoms with Gasteiger partial charge in [0.05, 0.1) is 11.8 Å². The zero-order chi connectivity index (χ0) is 13.7. The predicted octanol–water partition coefficient (Wildman–Crippen LogP) is 1.57. The smallest absolute Gasteiger partial charge is 0.258 e. The molecule has 96 valence electrons. The second-order valence-corrected chi connectivity index (χ2v) is 3.83. The minimum atomic E-state index is -0.245. The van der Waals surface area contributed by atoms with E-state index in [1.54, 1.807) is 42.2 Å². The standard InChI is InChI=1S/C13H12N4O2/c1-17-9-10(8-15-17)13(18)16-11-3-2-4-12(7-11)19-6-5-14/h2-4,7-9H,6H2,1H3,(H,16,18). The first-order valence-electron chi connectivity index (χ1n) is 5.59. The van der Waals surface area contributed by atoms with Crippen molar-refractivity contribution in [2.75, 3.05) is 11.9 Å². The Morgan fingerprint density at radius 3 is 3.11 bits per heavy atom. The van der Waals surface area contributed by atoms with Gasteiger partial charge in [-0.3, -0.25) is 9.48 Å². The van der Waals surface area contributed by atoms with Crippen molar-refractivity contribution in [2.45, 2.75) is 0 Å². The molecule has 0 bridgehead atoms. The van der Waals surface area contributed by atoms with E-state index < -0.39 is 0 Å². The van der Waals surface area contributed by atoms with Gasteiger partial charge in [-0.25, -0.2) is 0 Å². The quantitative estimate of drug-likeness (QED) is 0.900. The van der Waals surface area contributed by atoms with Crippen LogP contribution in [0.15, 0.2) is 36.7 Å². The van der Waals surface area contributed by atoms with Crippen molar-refractivity contribution in [1.29, 1.82) is 5.26 Å². The van der Waals surface area contributed by atoms with Gasteiger partial charge >= 0.3 is 0 Å². The van der Waals surface area contributed by atoms with Gasteiger partial charge in [0.1, 0.15) is 11.8 Å². The molecule has 2 rings (SSSR count). The van der Waals surface area contributed by atoms with Crippen molar-refractivity contribution in [3.8, 4) is 11.8 Å². The van der Waals surface area contributed by atoms with Gasteiger partial charge in [0, 0.05) is 25.0 Å². The summed E-state index contributed by atoms with van der Waals surface area (Å²) in [5.41, 5.74) is 1.08. The lowest BCUT2D eigenvalue weighted by molar-refractivity contribution is 0.102. The third kappa shape index (κ3) is 3.33. The zero-order valence-corrected chi connectivity index (χ0v) is 10.3. The van der Waals surface area contributed by atoms with Gasteiger partial charge in [-0.05, 0) is 12.1 Å². The number of rotatable bonds is 4. The Hall–Kier alpha value is -2.81. The van der Waals surface area contributed by atoms with E-state index in [1.807, 2.05) is 6.07 Å². The number of nitrogens with zero attached hydrogens (tertiary/aromatic N) is 3. The Balaban J connectivity index is 2.06. The van der Waals surface area contributed by atoms with Crippen molar-refractivity contribution >= 4 is 11.6 Å². The van der Waals surface area contributed by atoms with Crippen LogP contribution < -0.4 is 10.1 Å². The maximum Gasteiger partial charge on any atom is 0.258 e. The lowest BCUT2D eigenvalue weighted by atomic mass is 10.2. The second-order valence-electron chi connectivity index (χ2n) is 3.83. The molecule has 0 spiro atoms. The lowest BCUT2D eigenvalue weighted by Crippen LogP contribution is -2.11. The summed E-state index contributed by atoms with van der Waals surface area (Å²) in [4.78, 5) is 11.9. The minimum absolute atomic E-state index is 0.0278. The Morgan fingerprint density at radius 1 is 1.58 bits per heavy atom. The summed E-state index contributed by atoms with van der Waals surface area (Å²) < 4.78 is 6.72. The average molecular weight is 256 g/mol. The number of hydrogen-bond donors (Lipinski definition) is 1. The second kappa shape index (κ2) is 5.69. The van der Waals surface area contributed by atoms with Crippen LogP contribution in [0.3, 0.4) is 0 Å². The SMILES string of the molecule is Cn1cc(C(=O)Nc2cccc(OCC#N)c2)cn1. The Labute approximate surface area is 110 Å². The molecule has 6 heteroatoms. The number of amides is 1. The largest absolute Gasteiger partial charge is 0.479 e. The molecule has 6 nitrogen and oxygen atoms in total. The van der Waals surface area contributed by atoms with Crippen molar-refractivity contribution in [3.63, 3.8) is 0 Å². The molecule has 1 heterocycles. The molecular formula is C13H12N4O2. The number of carbonyl (C=O) groups excluding carboxylic acids is 1. The van der Waals surface area contributed by atoms with Crippen LogP contribution in [-0.4, -0.2) is 22.3 Å². The van der Waals surface area contributed by atoms with E-state index in [0.717, 1.165) is 0 Å². The van der Waals surface area contributed by atoms with Crippen LogP contribution in [0.4, 0.5) is 5.69 Å². The fourth-order valence-electron chi connectivity index (χ4n) is 1.52.